The lowest BCUT2D eigenvalue weighted by Crippen LogP contribution is -2.31. The minimum absolute atomic E-state index is 0.0654. The molecular weight excluding hydrogens is 226 g/mol. The van der Waals surface area contributed by atoms with Crippen LogP contribution in [0, 0.1) is 11.8 Å². The first-order valence-electron chi connectivity index (χ1n) is 5.50. The Morgan fingerprint density at radius 3 is 2.44 bits per heavy atom. The van der Waals surface area contributed by atoms with Crippen LogP contribution in [0.25, 0.3) is 0 Å². The molecule has 1 unspecified atom stereocenters. The number of aliphatic carboxylic acids is 1. The molecule has 0 aliphatic carbocycles. The molecular formula is C11H21NO3S. The summed E-state index contributed by atoms with van der Waals surface area (Å²) in [7, 11) is 0. The van der Waals surface area contributed by atoms with Crippen LogP contribution in [0.1, 0.15) is 27.2 Å². The maximum absolute atomic E-state index is 11.3. The highest BCUT2D eigenvalue weighted by atomic mass is 32.2. The number of nitrogens with one attached hydrogen (secondary N) is 1. The fourth-order valence-corrected chi connectivity index (χ4v) is 1.89. The van der Waals surface area contributed by atoms with Crippen molar-refractivity contribution in [2.24, 2.45) is 11.8 Å². The summed E-state index contributed by atoms with van der Waals surface area (Å²) in [6, 6.07) is 0. The van der Waals surface area contributed by atoms with E-state index in [1.165, 1.54) is 0 Å². The molecule has 0 aliphatic rings. The molecule has 0 aromatic rings. The fourth-order valence-electron chi connectivity index (χ4n) is 0.927. The van der Waals surface area contributed by atoms with Crippen molar-refractivity contribution >= 4 is 23.6 Å². The van der Waals surface area contributed by atoms with E-state index in [0.717, 1.165) is 11.5 Å². The standard InChI is InChI=1S/C11H21NO3S/c1-8(2)7-16-5-4-10(13)12-6-9(3)11(14)15/h8-9H,4-7H2,1-3H3,(H,12,13)(H,14,15). The van der Waals surface area contributed by atoms with Crippen molar-refractivity contribution in [1.82, 2.24) is 5.32 Å². The van der Waals surface area contributed by atoms with E-state index in [1.54, 1.807) is 18.7 Å². The summed E-state index contributed by atoms with van der Waals surface area (Å²) >= 11 is 1.75. The van der Waals surface area contributed by atoms with Crippen LogP contribution in [0.3, 0.4) is 0 Å². The number of thioether (sulfide) groups is 1. The summed E-state index contributed by atoms with van der Waals surface area (Å²) in [5.74, 6) is 1.02. The molecule has 0 aliphatic heterocycles. The molecule has 0 rings (SSSR count). The van der Waals surface area contributed by atoms with Crippen LogP contribution in [0.5, 0.6) is 0 Å². The maximum Gasteiger partial charge on any atom is 0.308 e. The number of hydrogen-bond donors (Lipinski definition) is 2. The van der Waals surface area contributed by atoms with Gasteiger partial charge in [0, 0.05) is 18.7 Å². The molecule has 1 atom stereocenters. The molecule has 0 bridgehead atoms. The van der Waals surface area contributed by atoms with E-state index in [1.807, 2.05) is 0 Å². The molecule has 94 valence electrons. The number of carbonyl (C=O) groups excluding carboxylic acids is 1. The number of carboxylic acids is 1. The Morgan fingerprint density at radius 1 is 1.31 bits per heavy atom. The van der Waals surface area contributed by atoms with Crippen LogP contribution in [-0.4, -0.2) is 35.0 Å². The van der Waals surface area contributed by atoms with Gasteiger partial charge in [-0.2, -0.15) is 11.8 Å². The highest BCUT2D eigenvalue weighted by Gasteiger charge is 2.11. The van der Waals surface area contributed by atoms with Crippen LogP contribution >= 0.6 is 11.8 Å². The van der Waals surface area contributed by atoms with Gasteiger partial charge in [0.25, 0.3) is 0 Å². The predicted octanol–water partition coefficient (Wildman–Crippen LogP) is 1.60. The second kappa shape index (κ2) is 8.44. The topological polar surface area (TPSA) is 66.4 Å². The van der Waals surface area contributed by atoms with Crippen LogP contribution < -0.4 is 5.32 Å². The van der Waals surface area contributed by atoms with Gasteiger partial charge < -0.3 is 10.4 Å². The second-order valence-electron chi connectivity index (χ2n) is 4.26. The van der Waals surface area contributed by atoms with E-state index < -0.39 is 11.9 Å². The first-order chi connectivity index (χ1) is 7.43. The van der Waals surface area contributed by atoms with Crippen molar-refractivity contribution in [2.45, 2.75) is 27.2 Å². The molecule has 0 fully saturated rings. The largest absolute Gasteiger partial charge is 0.481 e. The summed E-state index contributed by atoms with van der Waals surface area (Å²) < 4.78 is 0. The van der Waals surface area contributed by atoms with Crippen molar-refractivity contribution in [3.8, 4) is 0 Å². The van der Waals surface area contributed by atoms with E-state index in [-0.39, 0.29) is 12.5 Å². The first kappa shape index (κ1) is 15.3. The van der Waals surface area contributed by atoms with Gasteiger partial charge in [-0.25, -0.2) is 0 Å². The van der Waals surface area contributed by atoms with Gasteiger partial charge in [0.2, 0.25) is 5.91 Å². The number of rotatable bonds is 8. The van der Waals surface area contributed by atoms with Crippen molar-refractivity contribution in [3.05, 3.63) is 0 Å². The summed E-state index contributed by atoms with van der Waals surface area (Å²) in [5, 5.41) is 11.2. The van der Waals surface area contributed by atoms with Gasteiger partial charge in [-0.05, 0) is 11.7 Å². The summed E-state index contributed by atoms with van der Waals surface area (Å²) in [5.41, 5.74) is 0. The normalized spacial score (nSPS) is 12.5. The highest BCUT2D eigenvalue weighted by molar-refractivity contribution is 7.99. The minimum Gasteiger partial charge on any atom is -0.481 e. The second-order valence-corrected chi connectivity index (χ2v) is 5.41. The van der Waals surface area contributed by atoms with Crippen molar-refractivity contribution in [2.75, 3.05) is 18.1 Å². The van der Waals surface area contributed by atoms with Crippen LogP contribution in [0.15, 0.2) is 0 Å². The smallest absolute Gasteiger partial charge is 0.308 e. The van der Waals surface area contributed by atoms with Crippen LogP contribution in [0.4, 0.5) is 0 Å². The Bertz CT molecular complexity index is 231. The maximum atomic E-state index is 11.3. The van der Waals surface area contributed by atoms with Crippen LogP contribution in [-0.2, 0) is 9.59 Å². The zero-order chi connectivity index (χ0) is 12.6. The lowest BCUT2D eigenvalue weighted by molar-refractivity contribution is -0.141. The zero-order valence-corrected chi connectivity index (χ0v) is 11.0. The van der Waals surface area contributed by atoms with Crippen molar-refractivity contribution in [1.29, 1.82) is 0 Å². The zero-order valence-electron chi connectivity index (χ0n) is 10.2. The third-order valence-electron chi connectivity index (χ3n) is 1.95. The van der Waals surface area contributed by atoms with Gasteiger partial charge in [0.1, 0.15) is 0 Å². The average molecular weight is 247 g/mol. The van der Waals surface area contributed by atoms with E-state index in [4.69, 9.17) is 5.11 Å². The Balaban J connectivity index is 3.48. The van der Waals surface area contributed by atoms with Crippen molar-refractivity contribution < 1.29 is 14.7 Å². The van der Waals surface area contributed by atoms with E-state index in [2.05, 4.69) is 19.2 Å². The monoisotopic (exact) mass is 247 g/mol. The SMILES string of the molecule is CC(C)CSCCC(=O)NCC(C)C(=O)O. The van der Waals surface area contributed by atoms with Gasteiger partial charge in [-0.3, -0.25) is 9.59 Å². The molecule has 16 heavy (non-hydrogen) atoms. The number of carbonyl (C=O) groups is 2. The molecule has 2 N–H and O–H groups in total. The Hall–Kier alpha value is -0.710. The summed E-state index contributed by atoms with van der Waals surface area (Å²) in [4.78, 5) is 21.8. The highest BCUT2D eigenvalue weighted by Crippen LogP contribution is 2.08. The summed E-state index contributed by atoms with van der Waals surface area (Å²) in [6.07, 6.45) is 0.462. The van der Waals surface area contributed by atoms with E-state index in [0.29, 0.717) is 12.3 Å². The molecule has 0 spiro atoms. The van der Waals surface area contributed by atoms with Gasteiger partial charge in [0.15, 0.2) is 0 Å². The summed E-state index contributed by atoms with van der Waals surface area (Å²) in [6.45, 7) is 6.07. The minimum atomic E-state index is -0.880. The molecule has 0 aromatic carbocycles. The molecule has 4 nitrogen and oxygen atoms in total. The van der Waals surface area contributed by atoms with Crippen molar-refractivity contribution in [3.63, 3.8) is 0 Å². The molecule has 5 heteroatoms. The van der Waals surface area contributed by atoms with E-state index >= 15 is 0 Å². The Morgan fingerprint density at radius 2 is 1.94 bits per heavy atom. The lowest BCUT2D eigenvalue weighted by Gasteiger charge is -2.08. The molecule has 0 heterocycles. The van der Waals surface area contributed by atoms with Gasteiger partial charge in [-0.1, -0.05) is 20.8 Å². The number of hydrogen-bond acceptors (Lipinski definition) is 3. The molecule has 0 saturated carbocycles. The van der Waals surface area contributed by atoms with Gasteiger partial charge >= 0.3 is 5.97 Å². The van der Waals surface area contributed by atoms with Gasteiger partial charge in [0.05, 0.1) is 5.92 Å². The molecule has 0 saturated heterocycles. The lowest BCUT2D eigenvalue weighted by atomic mass is 10.2. The molecule has 0 aromatic heterocycles. The average Bonchev–Trinajstić information content (AvgIpc) is 2.20. The quantitative estimate of drug-likeness (QED) is 0.639. The van der Waals surface area contributed by atoms with E-state index in [9.17, 15) is 9.59 Å². The predicted molar refractivity (Wildman–Crippen MR) is 66.6 cm³/mol. The van der Waals surface area contributed by atoms with Gasteiger partial charge in [-0.15, -0.1) is 0 Å². The third-order valence-corrected chi connectivity index (χ3v) is 3.35. The van der Waals surface area contributed by atoms with Crippen LogP contribution in [0.2, 0.25) is 0 Å². The molecule has 0 radical (unpaired) electrons. The molecule has 1 amide bonds. The number of amides is 1. The fraction of sp³-hybridized carbons (Fsp3) is 0.818. The number of carboxylic acid groups (broad SMARTS) is 1. The Kier molecular flexibility index (Phi) is 8.07. The third kappa shape index (κ3) is 8.59. The first-order valence-corrected chi connectivity index (χ1v) is 6.66. The Labute approximate surface area is 101 Å².